The van der Waals surface area contributed by atoms with Crippen molar-refractivity contribution in [1.29, 1.82) is 0 Å². The van der Waals surface area contributed by atoms with Gasteiger partial charge in [0.1, 0.15) is 0 Å². The lowest BCUT2D eigenvalue weighted by Gasteiger charge is -2.53. The van der Waals surface area contributed by atoms with E-state index >= 15 is 0 Å². The molecule has 2 heterocycles. The van der Waals surface area contributed by atoms with Crippen molar-refractivity contribution in [3.63, 3.8) is 0 Å². The average Bonchev–Trinajstić information content (AvgIpc) is 3.21. The number of rotatable bonds is 7. The highest BCUT2D eigenvalue weighted by atomic mass is 79.9. The molecule has 3 aromatic carbocycles. The van der Waals surface area contributed by atoms with Gasteiger partial charge < -0.3 is 9.16 Å². The molecule has 0 amide bonds. The molecule has 2 fully saturated rings. The summed E-state index contributed by atoms with van der Waals surface area (Å²) in [5, 5.41) is 2.61. The summed E-state index contributed by atoms with van der Waals surface area (Å²) >= 11 is 3.55. The fraction of sp³-hybridized carbons (Fsp3) is 0.419. The molecule has 0 bridgehead atoms. The molecular weight excluding hydrogens is 526 g/mol. The highest BCUT2D eigenvalue weighted by Gasteiger charge is 2.57. The number of likely N-dealkylation sites (tertiary alicyclic amines) is 1. The van der Waals surface area contributed by atoms with Crippen molar-refractivity contribution in [2.45, 2.75) is 50.8 Å². The first kappa shape index (κ1) is 25.9. The molecule has 36 heavy (non-hydrogen) atoms. The summed E-state index contributed by atoms with van der Waals surface area (Å²) in [7, 11) is -2.63. The molecule has 5 heteroatoms. The quantitative estimate of drug-likeness (QED) is 0.346. The molecule has 2 unspecified atom stereocenters. The first-order valence-electron chi connectivity index (χ1n) is 13.1. The van der Waals surface area contributed by atoms with Crippen LogP contribution < -0.4 is 10.4 Å². The molecule has 5 rings (SSSR count). The molecule has 2 saturated heterocycles. The maximum atomic E-state index is 7.54. The predicted molar refractivity (Wildman–Crippen MR) is 155 cm³/mol. The van der Waals surface area contributed by atoms with Crippen LogP contribution in [0.4, 0.5) is 0 Å². The zero-order chi connectivity index (χ0) is 25.4. The monoisotopic (exact) mass is 563 g/mol. The van der Waals surface area contributed by atoms with Gasteiger partial charge in [-0.3, -0.25) is 4.90 Å². The first-order valence-corrected chi connectivity index (χ1v) is 15.8. The second-order valence-electron chi connectivity index (χ2n) is 11.7. The number of benzene rings is 3. The molecular formula is C31H38BrNO2Si. The van der Waals surface area contributed by atoms with Gasteiger partial charge in [-0.1, -0.05) is 109 Å². The average molecular weight is 565 g/mol. The van der Waals surface area contributed by atoms with Crippen molar-refractivity contribution in [3.8, 4) is 0 Å². The lowest BCUT2D eigenvalue weighted by Crippen LogP contribution is -2.72. The summed E-state index contributed by atoms with van der Waals surface area (Å²) < 4.78 is 14.9. The van der Waals surface area contributed by atoms with E-state index in [1.807, 2.05) is 0 Å². The van der Waals surface area contributed by atoms with E-state index in [9.17, 15) is 0 Å². The van der Waals surface area contributed by atoms with Gasteiger partial charge in [-0.2, -0.15) is 0 Å². The fourth-order valence-corrected chi connectivity index (χ4v) is 11.1. The van der Waals surface area contributed by atoms with Crippen LogP contribution in [0, 0.1) is 5.92 Å². The maximum Gasteiger partial charge on any atom is 0.261 e. The SMILES string of the molecule is CC1(N2CC(Cc3ccc(Br)cc3)C2)COCC1O[Si](c1ccccc1)(c1ccccc1)C(C)(C)C. The van der Waals surface area contributed by atoms with Gasteiger partial charge in [-0.05, 0) is 52.4 Å². The van der Waals surface area contributed by atoms with Gasteiger partial charge in [-0.25, -0.2) is 0 Å². The van der Waals surface area contributed by atoms with Crippen molar-refractivity contribution in [2.75, 3.05) is 26.3 Å². The Kier molecular flexibility index (Phi) is 7.32. The van der Waals surface area contributed by atoms with Gasteiger partial charge in [0.15, 0.2) is 0 Å². The molecule has 190 valence electrons. The van der Waals surface area contributed by atoms with Crippen molar-refractivity contribution in [2.24, 2.45) is 5.92 Å². The molecule has 0 radical (unpaired) electrons. The Morgan fingerprint density at radius 3 is 2.00 bits per heavy atom. The summed E-state index contributed by atoms with van der Waals surface area (Å²) in [4.78, 5) is 2.62. The third-order valence-corrected chi connectivity index (χ3v) is 13.8. The topological polar surface area (TPSA) is 21.7 Å². The highest BCUT2D eigenvalue weighted by molar-refractivity contribution is 9.10. The summed E-state index contributed by atoms with van der Waals surface area (Å²) in [6.07, 6.45) is 1.15. The van der Waals surface area contributed by atoms with E-state index < -0.39 is 8.32 Å². The van der Waals surface area contributed by atoms with Gasteiger partial charge in [0.05, 0.1) is 24.9 Å². The summed E-state index contributed by atoms with van der Waals surface area (Å²) in [6.45, 7) is 13.0. The van der Waals surface area contributed by atoms with Crippen LogP contribution in [0.5, 0.6) is 0 Å². The normalized spacial score (nSPS) is 23.5. The second kappa shape index (κ2) is 10.2. The summed E-state index contributed by atoms with van der Waals surface area (Å²) in [6, 6.07) is 30.7. The van der Waals surface area contributed by atoms with Crippen LogP contribution in [-0.4, -0.2) is 51.2 Å². The Labute approximate surface area is 226 Å². The predicted octanol–water partition coefficient (Wildman–Crippen LogP) is 5.66. The van der Waals surface area contributed by atoms with Gasteiger partial charge in [0.2, 0.25) is 0 Å². The van der Waals surface area contributed by atoms with Crippen molar-refractivity contribution in [3.05, 3.63) is 95.0 Å². The third-order valence-electron chi connectivity index (χ3n) is 8.21. The molecule has 2 aliphatic rings. The van der Waals surface area contributed by atoms with E-state index in [0.717, 1.165) is 30.6 Å². The van der Waals surface area contributed by atoms with Crippen LogP contribution in [0.15, 0.2) is 89.4 Å². The van der Waals surface area contributed by atoms with Crippen LogP contribution in [0.3, 0.4) is 0 Å². The molecule has 0 N–H and O–H groups in total. The lowest BCUT2D eigenvalue weighted by atomic mass is 9.85. The van der Waals surface area contributed by atoms with E-state index in [4.69, 9.17) is 9.16 Å². The number of hydrogen-bond donors (Lipinski definition) is 0. The van der Waals surface area contributed by atoms with Crippen molar-refractivity contribution < 1.29 is 9.16 Å². The number of hydrogen-bond acceptors (Lipinski definition) is 3. The lowest BCUT2D eigenvalue weighted by molar-refractivity contribution is -0.0500. The van der Waals surface area contributed by atoms with E-state index in [1.54, 1.807) is 0 Å². The zero-order valence-corrected chi connectivity index (χ0v) is 24.5. The van der Waals surface area contributed by atoms with E-state index in [-0.39, 0.29) is 16.7 Å². The minimum Gasteiger partial charge on any atom is -0.400 e. The molecule has 0 aliphatic carbocycles. The van der Waals surface area contributed by atoms with Crippen LogP contribution in [0.1, 0.15) is 33.3 Å². The molecule has 3 nitrogen and oxygen atoms in total. The third kappa shape index (κ3) is 4.77. The van der Waals surface area contributed by atoms with Crippen LogP contribution in [0.25, 0.3) is 0 Å². The molecule has 0 saturated carbocycles. The maximum absolute atomic E-state index is 7.54. The Balaban J connectivity index is 1.41. The Morgan fingerprint density at radius 2 is 1.47 bits per heavy atom. The number of halogens is 1. The largest absolute Gasteiger partial charge is 0.400 e. The molecule has 0 aromatic heterocycles. The zero-order valence-electron chi connectivity index (χ0n) is 21.9. The van der Waals surface area contributed by atoms with E-state index in [1.165, 1.54) is 15.9 Å². The molecule has 2 atom stereocenters. The Hall–Kier alpha value is -1.76. The van der Waals surface area contributed by atoms with Crippen molar-refractivity contribution in [1.82, 2.24) is 4.90 Å². The second-order valence-corrected chi connectivity index (χ2v) is 16.9. The van der Waals surface area contributed by atoms with Crippen molar-refractivity contribution >= 4 is 34.6 Å². The minimum atomic E-state index is -2.63. The fourth-order valence-electron chi connectivity index (χ4n) is 6.08. The highest BCUT2D eigenvalue weighted by Crippen LogP contribution is 2.42. The van der Waals surface area contributed by atoms with E-state index in [2.05, 4.69) is 133 Å². The number of nitrogens with zero attached hydrogens (tertiary/aromatic N) is 1. The summed E-state index contributed by atoms with van der Waals surface area (Å²) in [5.41, 5.74) is 1.29. The van der Waals surface area contributed by atoms with Gasteiger partial charge >= 0.3 is 0 Å². The molecule has 3 aromatic rings. The molecule has 0 spiro atoms. The Morgan fingerprint density at radius 1 is 0.917 bits per heavy atom. The van der Waals surface area contributed by atoms with Gasteiger partial charge in [0.25, 0.3) is 8.32 Å². The smallest absolute Gasteiger partial charge is 0.261 e. The first-order chi connectivity index (χ1) is 17.2. The van der Waals surface area contributed by atoms with Crippen LogP contribution in [-0.2, 0) is 15.6 Å². The van der Waals surface area contributed by atoms with Gasteiger partial charge in [-0.15, -0.1) is 0 Å². The van der Waals surface area contributed by atoms with E-state index in [0.29, 0.717) is 12.5 Å². The van der Waals surface area contributed by atoms with Gasteiger partial charge in [0, 0.05) is 17.6 Å². The Bertz CT molecular complexity index is 1100. The van der Waals surface area contributed by atoms with Crippen LogP contribution >= 0.6 is 15.9 Å². The minimum absolute atomic E-state index is 0.0254. The van der Waals surface area contributed by atoms with Crippen LogP contribution in [0.2, 0.25) is 5.04 Å². The standard InChI is InChI=1S/C31H38BrNO2Si/c1-30(2,3)36(27-11-7-5-8-12-27,28-13-9-6-10-14-28)35-29-22-34-23-31(29,4)33-20-25(21-33)19-24-15-17-26(32)18-16-24/h5-18,25,29H,19-23H2,1-4H3. The summed E-state index contributed by atoms with van der Waals surface area (Å²) in [5.74, 6) is 0.678. The number of ether oxygens (including phenoxy) is 1. The molecule has 2 aliphatic heterocycles.